The maximum Gasteiger partial charge on any atom is 0.194 e. The van der Waals surface area contributed by atoms with Gasteiger partial charge in [0.1, 0.15) is 5.75 Å². The first-order valence-electron chi connectivity index (χ1n) is 8.63. The van der Waals surface area contributed by atoms with Crippen LogP contribution in [0.5, 0.6) is 5.75 Å². The maximum absolute atomic E-state index is 12.4. The third-order valence-electron chi connectivity index (χ3n) is 4.88. The molecule has 0 saturated carbocycles. The van der Waals surface area contributed by atoms with Gasteiger partial charge in [0.25, 0.3) is 0 Å². The Labute approximate surface area is 154 Å². The van der Waals surface area contributed by atoms with Gasteiger partial charge in [0.15, 0.2) is 18.2 Å². The van der Waals surface area contributed by atoms with Gasteiger partial charge in [0, 0.05) is 35.5 Å². The van der Waals surface area contributed by atoms with Crippen molar-refractivity contribution in [3.8, 4) is 5.75 Å². The predicted molar refractivity (Wildman–Crippen MR) is 103 cm³/mol. The minimum Gasteiger partial charge on any atom is -0.485 e. The molecule has 0 atom stereocenters. The van der Waals surface area contributed by atoms with E-state index in [0.29, 0.717) is 11.3 Å². The molecule has 1 heterocycles. The van der Waals surface area contributed by atoms with Crippen molar-refractivity contribution in [2.24, 2.45) is 0 Å². The number of hydrogen-bond acceptors (Lipinski definition) is 4. The molecule has 0 saturated heterocycles. The Morgan fingerprint density at radius 1 is 1.08 bits per heavy atom. The molecule has 1 aliphatic heterocycles. The van der Waals surface area contributed by atoms with Crippen molar-refractivity contribution in [1.82, 2.24) is 0 Å². The maximum atomic E-state index is 12.4. The molecule has 0 spiro atoms. The molecule has 4 heteroatoms. The SMILES string of the molecule is CC(=O)c1ccc(OCC(=O)/C=C2\N(C)c3ccccc3C2(C)C)cc1. The van der Waals surface area contributed by atoms with E-state index in [4.69, 9.17) is 4.74 Å². The van der Waals surface area contributed by atoms with Crippen LogP contribution in [0.3, 0.4) is 0 Å². The second kappa shape index (κ2) is 6.79. The summed E-state index contributed by atoms with van der Waals surface area (Å²) >= 11 is 0. The first kappa shape index (κ1) is 17.9. The highest BCUT2D eigenvalue weighted by atomic mass is 16.5. The lowest BCUT2D eigenvalue weighted by Gasteiger charge is -2.23. The number of Topliss-reactive ketones (excluding diaryl/α,β-unsaturated/α-hetero) is 1. The van der Waals surface area contributed by atoms with E-state index < -0.39 is 0 Å². The first-order chi connectivity index (χ1) is 12.3. The number of allylic oxidation sites excluding steroid dienone is 1. The average Bonchev–Trinajstić information content (AvgIpc) is 2.81. The molecular weight excluding hydrogens is 326 g/mol. The Bertz CT molecular complexity index is 879. The second-order valence-electron chi connectivity index (χ2n) is 7.07. The summed E-state index contributed by atoms with van der Waals surface area (Å²) in [5, 5.41) is 0. The molecule has 0 N–H and O–H groups in total. The van der Waals surface area contributed by atoms with Gasteiger partial charge < -0.3 is 9.64 Å². The zero-order chi connectivity index (χ0) is 18.9. The van der Waals surface area contributed by atoms with E-state index >= 15 is 0 Å². The smallest absolute Gasteiger partial charge is 0.194 e. The number of anilines is 1. The van der Waals surface area contributed by atoms with Gasteiger partial charge >= 0.3 is 0 Å². The van der Waals surface area contributed by atoms with Gasteiger partial charge in [0.2, 0.25) is 0 Å². The monoisotopic (exact) mass is 349 g/mol. The van der Waals surface area contributed by atoms with Gasteiger partial charge in [-0.05, 0) is 42.8 Å². The number of carbonyl (C=O) groups is 2. The molecule has 134 valence electrons. The molecule has 0 fully saturated rings. The van der Waals surface area contributed by atoms with Crippen molar-refractivity contribution >= 4 is 17.3 Å². The summed E-state index contributed by atoms with van der Waals surface area (Å²) in [6.07, 6.45) is 1.67. The molecule has 2 aromatic carbocycles. The minimum atomic E-state index is -0.232. The number of rotatable bonds is 5. The van der Waals surface area contributed by atoms with Crippen LogP contribution in [0.15, 0.2) is 60.3 Å². The number of hydrogen-bond donors (Lipinski definition) is 0. The van der Waals surface area contributed by atoms with Crippen molar-refractivity contribution in [2.75, 3.05) is 18.6 Å². The van der Waals surface area contributed by atoms with E-state index in [1.165, 1.54) is 12.5 Å². The van der Waals surface area contributed by atoms with E-state index in [-0.39, 0.29) is 23.6 Å². The summed E-state index contributed by atoms with van der Waals surface area (Å²) in [6, 6.07) is 15.0. The molecule has 0 aromatic heterocycles. The number of fused-ring (bicyclic) bond motifs is 1. The normalized spacial score (nSPS) is 16.5. The molecule has 26 heavy (non-hydrogen) atoms. The molecule has 0 unspecified atom stereocenters. The van der Waals surface area contributed by atoms with Gasteiger partial charge in [-0.1, -0.05) is 32.0 Å². The van der Waals surface area contributed by atoms with Crippen molar-refractivity contribution < 1.29 is 14.3 Å². The van der Waals surface area contributed by atoms with E-state index in [1.54, 1.807) is 30.3 Å². The minimum absolute atomic E-state index is 0.00317. The highest BCUT2D eigenvalue weighted by molar-refractivity contribution is 5.94. The van der Waals surface area contributed by atoms with Crippen LogP contribution in [-0.2, 0) is 10.2 Å². The third-order valence-corrected chi connectivity index (χ3v) is 4.88. The van der Waals surface area contributed by atoms with Gasteiger partial charge in [-0.2, -0.15) is 0 Å². The summed E-state index contributed by atoms with van der Waals surface area (Å²) in [7, 11) is 1.98. The Morgan fingerprint density at radius 3 is 2.35 bits per heavy atom. The highest BCUT2D eigenvalue weighted by Crippen LogP contribution is 2.46. The Hall–Kier alpha value is -2.88. The van der Waals surface area contributed by atoms with Gasteiger partial charge in [-0.15, -0.1) is 0 Å². The third kappa shape index (κ3) is 3.27. The molecule has 0 amide bonds. The van der Waals surface area contributed by atoms with E-state index in [0.717, 1.165) is 11.4 Å². The van der Waals surface area contributed by atoms with Crippen molar-refractivity contribution in [1.29, 1.82) is 0 Å². The van der Waals surface area contributed by atoms with E-state index in [2.05, 4.69) is 30.9 Å². The predicted octanol–water partition coefficient (Wildman–Crippen LogP) is 4.15. The summed E-state index contributed by atoms with van der Waals surface area (Å²) < 4.78 is 5.57. The molecule has 0 bridgehead atoms. The number of ketones is 2. The summed E-state index contributed by atoms with van der Waals surface area (Å²) in [5.41, 5.74) is 3.68. The fourth-order valence-corrected chi connectivity index (χ4v) is 3.39. The largest absolute Gasteiger partial charge is 0.485 e. The first-order valence-corrected chi connectivity index (χ1v) is 8.63. The molecule has 0 radical (unpaired) electrons. The molecule has 4 nitrogen and oxygen atoms in total. The van der Waals surface area contributed by atoms with Gasteiger partial charge in [0.05, 0.1) is 0 Å². The van der Waals surface area contributed by atoms with Crippen LogP contribution in [-0.4, -0.2) is 25.2 Å². The van der Waals surface area contributed by atoms with Crippen LogP contribution in [0.1, 0.15) is 36.7 Å². The molecule has 3 rings (SSSR count). The molecule has 2 aromatic rings. The van der Waals surface area contributed by atoms with Crippen LogP contribution in [0.4, 0.5) is 5.69 Å². The summed E-state index contributed by atoms with van der Waals surface area (Å²) in [6.45, 7) is 5.72. The van der Waals surface area contributed by atoms with Crippen molar-refractivity contribution in [3.63, 3.8) is 0 Å². The van der Waals surface area contributed by atoms with Crippen molar-refractivity contribution in [2.45, 2.75) is 26.2 Å². The van der Waals surface area contributed by atoms with Gasteiger partial charge in [-0.3, -0.25) is 9.59 Å². The van der Waals surface area contributed by atoms with Crippen LogP contribution >= 0.6 is 0 Å². The number of benzene rings is 2. The van der Waals surface area contributed by atoms with Crippen LogP contribution in [0.2, 0.25) is 0 Å². The van der Waals surface area contributed by atoms with Crippen LogP contribution in [0.25, 0.3) is 0 Å². The van der Waals surface area contributed by atoms with Crippen LogP contribution in [0, 0.1) is 0 Å². The van der Waals surface area contributed by atoms with Crippen molar-refractivity contribution in [3.05, 3.63) is 71.4 Å². The summed E-state index contributed by atoms with van der Waals surface area (Å²) in [5.74, 6) is 0.482. The second-order valence-corrected chi connectivity index (χ2v) is 7.07. The lowest BCUT2D eigenvalue weighted by atomic mass is 9.83. The average molecular weight is 349 g/mol. The Balaban J connectivity index is 1.72. The summed E-state index contributed by atoms with van der Waals surface area (Å²) in [4.78, 5) is 25.8. The number of nitrogens with zero attached hydrogens (tertiary/aromatic N) is 1. The molecule has 0 aliphatic carbocycles. The Morgan fingerprint density at radius 2 is 1.73 bits per heavy atom. The lowest BCUT2D eigenvalue weighted by Crippen LogP contribution is -2.25. The number of carbonyl (C=O) groups excluding carboxylic acids is 2. The lowest BCUT2D eigenvalue weighted by molar-refractivity contribution is -0.116. The zero-order valence-corrected chi connectivity index (χ0v) is 15.6. The van der Waals surface area contributed by atoms with Crippen LogP contribution < -0.4 is 9.64 Å². The van der Waals surface area contributed by atoms with E-state index in [9.17, 15) is 9.59 Å². The fraction of sp³-hybridized carbons (Fsp3) is 0.273. The Kier molecular flexibility index (Phi) is 4.68. The number of para-hydroxylation sites is 1. The zero-order valence-electron chi connectivity index (χ0n) is 15.6. The number of likely N-dealkylation sites (N-methyl/N-ethyl adjacent to an activating group) is 1. The topological polar surface area (TPSA) is 46.6 Å². The standard InChI is InChI=1S/C22H23NO3/c1-15(24)16-9-11-18(12-10-16)26-14-17(25)13-21-22(2,3)19-7-5-6-8-20(19)23(21)4/h5-13H,14H2,1-4H3/b21-13-. The molecule has 1 aliphatic rings. The fourth-order valence-electron chi connectivity index (χ4n) is 3.39. The molecular formula is C22H23NO3. The van der Waals surface area contributed by atoms with Gasteiger partial charge in [-0.25, -0.2) is 0 Å². The quantitative estimate of drug-likeness (QED) is 0.601. The van der Waals surface area contributed by atoms with E-state index in [1.807, 2.05) is 19.2 Å². The highest BCUT2D eigenvalue weighted by Gasteiger charge is 2.38. The number of ether oxygens (including phenoxy) is 1.